The third-order valence-electron chi connectivity index (χ3n) is 5.44. The molecule has 0 saturated carbocycles. The highest BCUT2D eigenvalue weighted by molar-refractivity contribution is 7.89. The number of aromatic nitrogens is 3. The average molecular weight is 457 g/mol. The molecule has 2 amide bonds. The number of hydrogen-bond donors (Lipinski definition) is 0. The molecule has 168 valence electrons. The van der Waals surface area contributed by atoms with Gasteiger partial charge in [-0.25, -0.2) is 13.1 Å². The Hall–Kier alpha value is -3.31. The summed E-state index contributed by atoms with van der Waals surface area (Å²) in [6.45, 7) is 0.859. The van der Waals surface area contributed by atoms with Crippen LogP contribution in [0.15, 0.2) is 53.6 Å². The van der Waals surface area contributed by atoms with Crippen LogP contribution in [0.2, 0.25) is 0 Å². The first-order chi connectivity index (χ1) is 15.3. The number of carbonyl (C=O) groups excluding carboxylic acids is 2. The number of fused-ring (bicyclic) bond motifs is 1. The largest absolute Gasteiger partial charge is 0.347 e. The standard InChI is InChI=1S/C21H24N6O4S/c1-24(2)20(28)15-26-14-19(22-23-26)21(29)25-9-11-27(12-10-25)32(30,31)18-8-7-16-5-3-4-6-17(16)13-18/h3-8,13-14H,9-12,15H2,1-2H3. The number of nitrogens with zero attached hydrogens (tertiary/aromatic N) is 6. The third-order valence-corrected chi connectivity index (χ3v) is 7.33. The molecular weight excluding hydrogens is 432 g/mol. The van der Waals surface area contributed by atoms with Crippen LogP contribution in [0.1, 0.15) is 10.5 Å². The molecular formula is C21H24N6O4S. The van der Waals surface area contributed by atoms with Gasteiger partial charge in [-0.3, -0.25) is 9.59 Å². The Labute approximate surface area is 186 Å². The number of amides is 2. The number of piperazine rings is 1. The summed E-state index contributed by atoms with van der Waals surface area (Å²) in [5.74, 6) is -0.502. The van der Waals surface area contributed by atoms with Crippen LogP contribution in [0.5, 0.6) is 0 Å². The monoisotopic (exact) mass is 456 g/mol. The molecule has 1 aliphatic heterocycles. The van der Waals surface area contributed by atoms with Crippen molar-refractivity contribution in [3.63, 3.8) is 0 Å². The van der Waals surface area contributed by atoms with Crippen molar-refractivity contribution in [2.75, 3.05) is 40.3 Å². The van der Waals surface area contributed by atoms with Gasteiger partial charge < -0.3 is 9.80 Å². The van der Waals surface area contributed by atoms with Gasteiger partial charge in [-0.1, -0.05) is 35.5 Å². The van der Waals surface area contributed by atoms with Crippen molar-refractivity contribution in [3.05, 3.63) is 54.4 Å². The number of benzene rings is 2. The van der Waals surface area contributed by atoms with E-state index >= 15 is 0 Å². The van der Waals surface area contributed by atoms with Gasteiger partial charge in [-0.15, -0.1) is 5.10 Å². The Kier molecular flexibility index (Phi) is 5.94. The first-order valence-electron chi connectivity index (χ1n) is 10.1. The number of carbonyl (C=O) groups is 2. The Morgan fingerprint density at radius 3 is 2.38 bits per heavy atom. The van der Waals surface area contributed by atoms with E-state index in [-0.39, 0.29) is 55.1 Å². The molecule has 0 N–H and O–H groups in total. The predicted octanol–water partition coefficient (Wildman–Crippen LogP) is 0.666. The van der Waals surface area contributed by atoms with E-state index in [9.17, 15) is 18.0 Å². The van der Waals surface area contributed by atoms with Gasteiger partial charge in [-0.05, 0) is 22.9 Å². The first kappa shape index (κ1) is 21.9. The maximum Gasteiger partial charge on any atom is 0.276 e. The minimum Gasteiger partial charge on any atom is -0.347 e. The van der Waals surface area contributed by atoms with Crippen LogP contribution in [-0.2, 0) is 21.4 Å². The second kappa shape index (κ2) is 8.67. The zero-order valence-electron chi connectivity index (χ0n) is 17.9. The van der Waals surface area contributed by atoms with Crippen molar-refractivity contribution in [2.45, 2.75) is 11.4 Å². The Balaban J connectivity index is 1.41. The zero-order valence-corrected chi connectivity index (χ0v) is 18.7. The van der Waals surface area contributed by atoms with E-state index in [4.69, 9.17) is 0 Å². The fraction of sp³-hybridized carbons (Fsp3) is 0.333. The Morgan fingerprint density at radius 1 is 1.00 bits per heavy atom. The summed E-state index contributed by atoms with van der Waals surface area (Å²) < 4.78 is 28.9. The van der Waals surface area contributed by atoms with E-state index in [1.807, 2.05) is 24.3 Å². The van der Waals surface area contributed by atoms with E-state index in [2.05, 4.69) is 10.3 Å². The zero-order chi connectivity index (χ0) is 22.9. The molecule has 1 saturated heterocycles. The normalized spacial score (nSPS) is 15.1. The molecule has 2 aromatic carbocycles. The molecule has 1 aromatic heterocycles. The van der Waals surface area contributed by atoms with Gasteiger partial charge in [0.25, 0.3) is 5.91 Å². The lowest BCUT2D eigenvalue weighted by atomic mass is 10.1. The average Bonchev–Trinajstić information content (AvgIpc) is 3.26. The second-order valence-electron chi connectivity index (χ2n) is 7.79. The van der Waals surface area contributed by atoms with E-state index < -0.39 is 10.0 Å². The molecule has 0 bridgehead atoms. The molecule has 0 unspecified atom stereocenters. The quantitative estimate of drug-likeness (QED) is 0.558. The fourth-order valence-corrected chi connectivity index (χ4v) is 4.98. The molecule has 1 fully saturated rings. The maximum absolute atomic E-state index is 13.1. The van der Waals surface area contributed by atoms with Gasteiger partial charge in [0.15, 0.2) is 5.69 Å². The third kappa shape index (κ3) is 4.34. The number of sulfonamides is 1. The van der Waals surface area contributed by atoms with Crippen LogP contribution < -0.4 is 0 Å². The molecule has 0 atom stereocenters. The first-order valence-corrected chi connectivity index (χ1v) is 11.6. The minimum absolute atomic E-state index is 0.00887. The summed E-state index contributed by atoms with van der Waals surface area (Å²) in [4.78, 5) is 27.8. The summed E-state index contributed by atoms with van der Waals surface area (Å²) in [7, 11) is -0.392. The van der Waals surface area contributed by atoms with Gasteiger partial charge in [0.2, 0.25) is 15.9 Å². The molecule has 4 rings (SSSR count). The smallest absolute Gasteiger partial charge is 0.276 e. The summed E-state index contributed by atoms with van der Waals surface area (Å²) in [6.07, 6.45) is 1.43. The molecule has 1 aliphatic rings. The highest BCUT2D eigenvalue weighted by atomic mass is 32.2. The van der Waals surface area contributed by atoms with E-state index in [1.165, 1.54) is 20.1 Å². The number of hydrogen-bond acceptors (Lipinski definition) is 6. The van der Waals surface area contributed by atoms with Crippen molar-refractivity contribution >= 4 is 32.6 Å². The lowest BCUT2D eigenvalue weighted by molar-refractivity contribution is -0.129. The molecule has 10 nitrogen and oxygen atoms in total. The Morgan fingerprint density at radius 2 is 1.69 bits per heavy atom. The molecule has 0 aliphatic carbocycles. The molecule has 0 radical (unpaired) electrons. The van der Waals surface area contributed by atoms with Gasteiger partial charge in [0, 0.05) is 40.3 Å². The summed E-state index contributed by atoms with van der Waals surface area (Å²) in [5, 5.41) is 9.54. The summed E-state index contributed by atoms with van der Waals surface area (Å²) in [5.41, 5.74) is 0.127. The van der Waals surface area contributed by atoms with Gasteiger partial charge in [0.1, 0.15) is 6.54 Å². The minimum atomic E-state index is -3.66. The van der Waals surface area contributed by atoms with Gasteiger partial charge in [0.05, 0.1) is 11.1 Å². The molecule has 3 aromatic rings. The highest BCUT2D eigenvalue weighted by Crippen LogP contribution is 2.23. The van der Waals surface area contributed by atoms with Crippen LogP contribution in [0, 0.1) is 0 Å². The van der Waals surface area contributed by atoms with E-state index in [1.54, 1.807) is 37.2 Å². The van der Waals surface area contributed by atoms with Crippen LogP contribution in [0.4, 0.5) is 0 Å². The van der Waals surface area contributed by atoms with Crippen molar-refractivity contribution in [1.29, 1.82) is 0 Å². The maximum atomic E-state index is 13.1. The Bertz CT molecular complexity index is 1260. The molecule has 0 spiro atoms. The van der Waals surface area contributed by atoms with Gasteiger partial charge >= 0.3 is 0 Å². The summed E-state index contributed by atoms with van der Waals surface area (Å²) >= 11 is 0. The van der Waals surface area contributed by atoms with Crippen LogP contribution in [-0.4, -0.2) is 89.6 Å². The van der Waals surface area contributed by atoms with Gasteiger partial charge in [-0.2, -0.15) is 4.31 Å². The predicted molar refractivity (Wildman–Crippen MR) is 117 cm³/mol. The SMILES string of the molecule is CN(C)C(=O)Cn1cc(C(=O)N2CCN(S(=O)(=O)c3ccc4ccccc4c3)CC2)nn1. The van der Waals surface area contributed by atoms with Crippen molar-refractivity contribution in [3.8, 4) is 0 Å². The van der Waals surface area contributed by atoms with Crippen LogP contribution in [0.25, 0.3) is 10.8 Å². The van der Waals surface area contributed by atoms with Crippen LogP contribution >= 0.6 is 0 Å². The van der Waals surface area contributed by atoms with Crippen molar-refractivity contribution in [2.24, 2.45) is 0 Å². The van der Waals surface area contributed by atoms with E-state index in [0.717, 1.165) is 10.8 Å². The molecule has 32 heavy (non-hydrogen) atoms. The lowest BCUT2D eigenvalue weighted by Crippen LogP contribution is -2.50. The second-order valence-corrected chi connectivity index (χ2v) is 9.73. The van der Waals surface area contributed by atoms with Crippen LogP contribution in [0.3, 0.4) is 0 Å². The van der Waals surface area contributed by atoms with Crippen molar-refractivity contribution < 1.29 is 18.0 Å². The van der Waals surface area contributed by atoms with Crippen molar-refractivity contribution in [1.82, 2.24) is 29.1 Å². The number of rotatable bonds is 5. The molecule has 11 heteroatoms. The fourth-order valence-electron chi connectivity index (χ4n) is 3.52. The van der Waals surface area contributed by atoms with E-state index in [0.29, 0.717) is 0 Å². The summed E-state index contributed by atoms with van der Waals surface area (Å²) in [6, 6.07) is 12.7. The molecule has 2 heterocycles. The topological polar surface area (TPSA) is 109 Å². The number of likely N-dealkylation sites (N-methyl/N-ethyl adjacent to an activating group) is 1. The lowest BCUT2D eigenvalue weighted by Gasteiger charge is -2.33. The highest BCUT2D eigenvalue weighted by Gasteiger charge is 2.31.